The van der Waals surface area contributed by atoms with E-state index in [2.05, 4.69) is 15.6 Å². The number of likely N-dealkylation sites (tertiary alicyclic amines) is 1. The van der Waals surface area contributed by atoms with E-state index in [-0.39, 0.29) is 35.9 Å². The van der Waals surface area contributed by atoms with Gasteiger partial charge >= 0.3 is 5.97 Å². The maximum Gasteiger partial charge on any atom is 0.310 e. The van der Waals surface area contributed by atoms with E-state index in [0.29, 0.717) is 12.2 Å². The Morgan fingerprint density at radius 3 is 2.73 bits per heavy atom. The SMILES string of the molecule is CCO[C@H]1OC(=O)CC1NC(=O)C1C2CC[C@H](C2)N1C(=O)C(NC(=O)c1nccc2c1C=CCC=C2)C(C)(C)C. The molecule has 0 radical (unpaired) electrons. The quantitative estimate of drug-likeness (QED) is 0.500. The van der Waals surface area contributed by atoms with Crippen LogP contribution in [0.15, 0.2) is 24.4 Å². The van der Waals surface area contributed by atoms with Gasteiger partial charge in [0, 0.05) is 24.4 Å². The molecule has 3 fully saturated rings. The van der Waals surface area contributed by atoms with E-state index in [9.17, 15) is 19.2 Å². The van der Waals surface area contributed by atoms with E-state index < -0.39 is 41.7 Å². The number of amides is 3. The number of carbonyl (C=O) groups excluding carboxylic acids is 4. The van der Waals surface area contributed by atoms with Crippen molar-refractivity contribution in [2.75, 3.05) is 6.61 Å². The minimum absolute atomic E-state index is 0.0114. The fourth-order valence-corrected chi connectivity index (χ4v) is 6.33. The Labute approximate surface area is 234 Å². The zero-order chi connectivity index (χ0) is 28.6. The van der Waals surface area contributed by atoms with Crippen molar-refractivity contribution in [3.05, 3.63) is 41.2 Å². The van der Waals surface area contributed by atoms with Gasteiger partial charge in [0.2, 0.25) is 18.1 Å². The molecule has 4 unspecified atom stereocenters. The Bertz CT molecular complexity index is 1250. The van der Waals surface area contributed by atoms with Gasteiger partial charge in [0.05, 0.1) is 6.42 Å². The van der Waals surface area contributed by atoms with Crippen molar-refractivity contribution in [1.82, 2.24) is 20.5 Å². The molecule has 2 N–H and O–H groups in total. The van der Waals surface area contributed by atoms with E-state index in [4.69, 9.17) is 9.47 Å². The van der Waals surface area contributed by atoms with Crippen LogP contribution < -0.4 is 10.6 Å². The third-order valence-corrected chi connectivity index (χ3v) is 8.21. The maximum atomic E-state index is 14.2. The number of hydrogen-bond acceptors (Lipinski definition) is 7. The zero-order valence-electron chi connectivity index (χ0n) is 23.5. The minimum Gasteiger partial charge on any atom is -0.433 e. The van der Waals surface area contributed by atoms with Crippen LogP contribution >= 0.6 is 0 Å². The molecule has 2 aliphatic carbocycles. The lowest BCUT2D eigenvalue weighted by Gasteiger charge is -2.40. The van der Waals surface area contributed by atoms with Crippen LogP contribution in [0.4, 0.5) is 0 Å². The molecule has 0 aromatic carbocycles. The number of esters is 1. The lowest BCUT2D eigenvalue weighted by atomic mass is 9.84. The van der Waals surface area contributed by atoms with Crippen molar-refractivity contribution in [3.63, 3.8) is 0 Å². The van der Waals surface area contributed by atoms with E-state index in [1.807, 2.05) is 51.1 Å². The highest BCUT2D eigenvalue weighted by Gasteiger charge is 2.54. The van der Waals surface area contributed by atoms with E-state index in [1.54, 1.807) is 18.0 Å². The van der Waals surface area contributed by atoms with Gasteiger partial charge in [-0.3, -0.25) is 24.2 Å². The standard InChI is InChI=1S/C30H38N4O6/c1-5-39-29-21(16-22(35)40-29)32-27(37)24-18-11-12-19(15-18)34(24)28(38)25(30(2,3)4)33-26(36)23-20-10-8-6-7-9-17(20)13-14-31-23/h7-10,13-14,18-19,21,24-25,29H,5-6,11-12,15-16H2,1-4H3,(H,32,37)(H,33,36)/t18?,19-,21?,24?,25?,29+/m1/s1. The molecule has 1 saturated carbocycles. The Morgan fingerprint density at radius 1 is 1.20 bits per heavy atom. The Balaban J connectivity index is 1.38. The highest BCUT2D eigenvalue weighted by Crippen LogP contribution is 2.44. The summed E-state index contributed by atoms with van der Waals surface area (Å²) in [7, 11) is 0. The molecule has 40 heavy (non-hydrogen) atoms. The first-order chi connectivity index (χ1) is 19.1. The average Bonchev–Trinajstić information content (AvgIpc) is 3.55. The second kappa shape index (κ2) is 11.2. The first-order valence-electron chi connectivity index (χ1n) is 14.1. The number of carbonyl (C=O) groups is 4. The molecule has 6 atom stereocenters. The molecule has 10 heteroatoms. The largest absolute Gasteiger partial charge is 0.433 e. The lowest BCUT2D eigenvalue weighted by molar-refractivity contribution is -0.165. The van der Waals surface area contributed by atoms with Gasteiger partial charge in [-0.2, -0.15) is 0 Å². The lowest BCUT2D eigenvalue weighted by Crippen LogP contribution is -2.62. The molecule has 3 amide bonds. The molecular weight excluding hydrogens is 512 g/mol. The first-order valence-corrected chi connectivity index (χ1v) is 14.1. The minimum atomic E-state index is -0.884. The molecule has 5 rings (SSSR count). The third kappa shape index (κ3) is 5.41. The van der Waals surface area contributed by atoms with Crippen LogP contribution in [0, 0.1) is 11.3 Å². The second-order valence-electron chi connectivity index (χ2n) is 12.0. The van der Waals surface area contributed by atoms with Crippen LogP contribution in [0.1, 0.15) is 81.4 Å². The Hall–Kier alpha value is -3.53. The maximum absolute atomic E-state index is 14.2. The molecule has 0 spiro atoms. The number of allylic oxidation sites excluding steroid dienone is 2. The molecule has 2 aliphatic heterocycles. The number of piperidine rings is 1. The van der Waals surface area contributed by atoms with E-state index in [0.717, 1.165) is 31.2 Å². The fourth-order valence-electron chi connectivity index (χ4n) is 6.33. The van der Waals surface area contributed by atoms with Crippen LogP contribution in [0.2, 0.25) is 0 Å². The number of hydrogen-bond donors (Lipinski definition) is 2. The summed E-state index contributed by atoms with van der Waals surface area (Å²) in [6.45, 7) is 7.82. The normalized spacial score (nSPS) is 27.6. The number of cyclic esters (lactones) is 1. The van der Waals surface area contributed by atoms with Crippen LogP contribution in [-0.4, -0.2) is 70.6 Å². The summed E-state index contributed by atoms with van der Waals surface area (Å²) >= 11 is 0. The van der Waals surface area contributed by atoms with Gasteiger partial charge in [-0.15, -0.1) is 0 Å². The van der Waals surface area contributed by atoms with Gasteiger partial charge < -0.3 is 25.0 Å². The Morgan fingerprint density at radius 2 is 1.98 bits per heavy atom. The fraction of sp³-hybridized carbons (Fsp3) is 0.567. The van der Waals surface area contributed by atoms with Crippen LogP contribution in [0.5, 0.6) is 0 Å². The summed E-state index contributed by atoms with van der Waals surface area (Å²) in [6, 6.07) is -0.419. The van der Waals surface area contributed by atoms with Gasteiger partial charge in [-0.25, -0.2) is 0 Å². The smallest absolute Gasteiger partial charge is 0.310 e. The second-order valence-corrected chi connectivity index (χ2v) is 12.0. The number of fused-ring (bicyclic) bond motifs is 3. The number of aromatic nitrogens is 1. The predicted octanol–water partition coefficient (Wildman–Crippen LogP) is 2.83. The van der Waals surface area contributed by atoms with Gasteiger partial charge in [0.25, 0.3) is 5.91 Å². The van der Waals surface area contributed by atoms with E-state index in [1.165, 1.54) is 0 Å². The summed E-state index contributed by atoms with van der Waals surface area (Å²) in [6.07, 6.45) is 11.7. The van der Waals surface area contributed by atoms with Gasteiger partial charge in [-0.05, 0) is 55.6 Å². The van der Waals surface area contributed by atoms with Crippen molar-refractivity contribution in [3.8, 4) is 0 Å². The molecule has 214 valence electrons. The summed E-state index contributed by atoms with van der Waals surface area (Å²) in [5.74, 6) is -1.46. The topological polar surface area (TPSA) is 127 Å². The monoisotopic (exact) mass is 550 g/mol. The summed E-state index contributed by atoms with van der Waals surface area (Å²) in [5, 5.41) is 5.90. The summed E-state index contributed by atoms with van der Waals surface area (Å²) < 4.78 is 10.7. The summed E-state index contributed by atoms with van der Waals surface area (Å²) in [4.78, 5) is 59.4. The van der Waals surface area contributed by atoms with Crippen LogP contribution in [-0.2, 0) is 23.9 Å². The van der Waals surface area contributed by atoms with Crippen molar-refractivity contribution in [1.29, 1.82) is 0 Å². The molecular formula is C30H38N4O6. The number of nitrogens with one attached hydrogen (secondary N) is 2. The van der Waals surface area contributed by atoms with Gasteiger partial charge in [0.1, 0.15) is 23.8 Å². The zero-order valence-corrected chi connectivity index (χ0v) is 23.5. The molecule has 2 saturated heterocycles. The predicted molar refractivity (Wildman–Crippen MR) is 147 cm³/mol. The highest BCUT2D eigenvalue weighted by atomic mass is 16.7. The molecule has 1 aromatic rings. The highest BCUT2D eigenvalue weighted by molar-refractivity contribution is 6.01. The first kappa shape index (κ1) is 28.0. The van der Waals surface area contributed by atoms with Crippen molar-refractivity contribution >= 4 is 35.8 Å². The molecule has 1 aromatic heterocycles. The van der Waals surface area contributed by atoms with Crippen LogP contribution in [0.25, 0.3) is 12.2 Å². The molecule has 3 heterocycles. The Kier molecular flexibility index (Phi) is 7.81. The number of rotatable bonds is 7. The number of nitrogens with zero attached hydrogens (tertiary/aromatic N) is 2. The number of pyridine rings is 1. The van der Waals surface area contributed by atoms with Gasteiger partial charge in [-0.1, -0.05) is 45.1 Å². The van der Waals surface area contributed by atoms with Crippen molar-refractivity contribution < 1.29 is 28.7 Å². The van der Waals surface area contributed by atoms with Gasteiger partial charge in [0.15, 0.2) is 0 Å². The summed E-state index contributed by atoms with van der Waals surface area (Å²) in [5.41, 5.74) is 1.22. The molecule has 10 nitrogen and oxygen atoms in total. The van der Waals surface area contributed by atoms with Crippen molar-refractivity contribution in [2.45, 2.75) is 90.3 Å². The third-order valence-electron chi connectivity index (χ3n) is 8.21. The molecule has 2 bridgehead atoms. The van der Waals surface area contributed by atoms with E-state index >= 15 is 0 Å². The molecule has 4 aliphatic rings. The average molecular weight is 551 g/mol. The van der Waals surface area contributed by atoms with Crippen LogP contribution in [0.3, 0.4) is 0 Å². The number of ether oxygens (including phenoxy) is 2. The van der Waals surface area contributed by atoms with Crippen molar-refractivity contribution in [2.24, 2.45) is 11.3 Å².